The molecule has 0 aliphatic carbocycles. The molecule has 0 bridgehead atoms. The van der Waals surface area contributed by atoms with Crippen molar-refractivity contribution < 1.29 is 4.79 Å². The van der Waals surface area contributed by atoms with E-state index in [1.54, 1.807) is 6.20 Å². The van der Waals surface area contributed by atoms with Crippen molar-refractivity contribution in [1.29, 1.82) is 0 Å². The molecule has 3 heteroatoms. The van der Waals surface area contributed by atoms with Gasteiger partial charge in [-0.25, -0.2) is 4.98 Å². The van der Waals surface area contributed by atoms with Crippen LogP contribution in [0.3, 0.4) is 0 Å². The van der Waals surface area contributed by atoms with E-state index >= 15 is 0 Å². The standard InChI is InChI=1S/C12H10N2O/c15-9-12-8-13-7-11(14-12)6-10-4-2-1-3-5-10/h1-5,7-9H,6H2. The largest absolute Gasteiger partial charge is 0.296 e. The molecule has 2 rings (SSSR count). The van der Waals surface area contributed by atoms with E-state index in [2.05, 4.69) is 9.97 Å². The maximum atomic E-state index is 10.5. The van der Waals surface area contributed by atoms with Crippen LogP contribution < -0.4 is 0 Å². The summed E-state index contributed by atoms with van der Waals surface area (Å²) in [7, 11) is 0. The van der Waals surface area contributed by atoms with Crippen LogP contribution in [0.1, 0.15) is 21.7 Å². The van der Waals surface area contributed by atoms with Gasteiger partial charge in [0.1, 0.15) is 5.69 Å². The molecule has 74 valence electrons. The van der Waals surface area contributed by atoms with Crippen LogP contribution in [0.4, 0.5) is 0 Å². The molecule has 1 aromatic heterocycles. The zero-order chi connectivity index (χ0) is 10.5. The fraction of sp³-hybridized carbons (Fsp3) is 0.0833. The lowest BCUT2D eigenvalue weighted by molar-refractivity contribution is 0.111. The van der Waals surface area contributed by atoms with Gasteiger partial charge in [-0.3, -0.25) is 9.78 Å². The van der Waals surface area contributed by atoms with E-state index in [0.29, 0.717) is 18.4 Å². The summed E-state index contributed by atoms with van der Waals surface area (Å²) in [6.07, 6.45) is 4.55. The van der Waals surface area contributed by atoms with Crippen molar-refractivity contribution in [1.82, 2.24) is 9.97 Å². The third-order valence-electron chi connectivity index (χ3n) is 2.05. The zero-order valence-electron chi connectivity index (χ0n) is 8.13. The van der Waals surface area contributed by atoms with Gasteiger partial charge in [-0.1, -0.05) is 30.3 Å². The van der Waals surface area contributed by atoms with Gasteiger partial charge in [0, 0.05) is 12.6 Å². The molecule has 0 radical (unpaired) electrons. The number of carbonyl (C=O) groups excluding carboxylic acids is 1. The molecule has 0 aliphatic rings. The van der Waals surface area contributed by atoms with Gasteiger partial charge in [0.2, 0.25) is 0 Å². The summed E-state index contributed by atoms with van der Waals surface area (Å²) in [5.74, 6) is 0. The van der Waals surface area contributed by atoms with Crippen molar-refractivity contribution in [3.63, 3.8) is 0 Å². The van der Waals surface area contributed by atoms with Gasteiger partial charge in [-0.05, 0) is 5.56 Å². The molecule has 0 saturated heterocycles. The van der Waals surface area contributed by atoms with Crippen molar-refractivity contribution in [2.45, 2.75) is 6.42 Å². The first-order valence-electron chi connectivity index (χ1n) is 4.68. The van der Waals surface area contributed by atoms with E-state index in [9.17, 15) is 4.79 Å². The average molecular weight is 198 g/mol. The highest BCUT2D eigenvalue weighted by molar-refractivity contribution is 5.70. The van der Waals surface area contributed by atoms with Crippen LogP contribution in [0, 0.1) is 0 Å². The maximum Gasteiger partial charge on any atom is 0.170 e. The topological polar surface area (TPSA) is 42.9 Å². The predicted octanol–water partition coefficient (Wildman–Crippen LogP) is 1.88. The van der Waals surface area contributed by atoms with Crippen molar-refractivity contribution in [2.75, 3.05) is 0 Å². The molecule has 0 atom stereocenters. The average Bonchev–Trinajstić information content (AvgIpc) is 2.31. The maximum absolute atomic E-state index is 10.5. The van der Waals surface area contributed by atoms with Gasteiger partial charge in [0.15, 0.2) is 6.29 Å². The Morgan fingerprint density at radius 2 is 1.93 bits per heavy atom. The number of rotatable bonds is 3. The number of nitrogens with zero attached hydrogens (tertiary/aromatic N) is 2. The number of aromatic nitrogens is 2. The molecule has 0 saturated carbocycles. The van der Waals surface area contributed by atoms with Crippen molar-refractivity contribution in [3.8, 4) is 0 Å². The monoisotopic (exact) mass is 198 g/mol. The van der Waals surface area contributed by atoms with Crippen molar-refractivity contribution in [3.05, 3.63) is 59.7 Å². The van der Waals surface area contributed by atoms with Gasteiger partial charge in [0.05, 0.1) is 11.9 Å². The minimum Gasteiger partial charge on any atom is -0.296 e. The van der Waals surface area contributed by atoms with Crippen LogP contribution in [0.5, 0.6) is 0 Å². The van der Waals surface area contributed by atoms with E-state index in [-0.39, 0.29) is 0 Å². The van der Waals surface area contributed by atoms with Gasteiger partial charge in [0.25, 0.3) is 0 Å². The lowest BCUT2D eigenvalue weighted by atomic mass is 10.1. The summed E-state index contributed by atoms with van der Waals surface area (Å²) >= 11 is 0. The van der Waals surface area contributed by atoms with E-state index in [4.69, 9.17) is 0 Å². The smallest absolute Gasteiger partial charge is 0.170 e. The first kappa shape index (κ1) is 9.52. The number of aldehydes is 1. The quantitative estimate of drug-likeness (QED) is 0.707. The third-order valence-corrected chi connectivity index (χ3v) is 2.05. The van der Waals surface area contributed by atoms with Gasteiger partial charge < -0.3 is 0 Å². The lowest BCUT2D eigenvalue weighted by Crippen LogP contribution is -1.97. The van der Waals surface area contributed by atoms with Crippen LogP contribution in [-0.4, -0.2) is 16.3 Å². The predicted molar refractivity (Wildman–Crippen MR) is 56.7 cm³/mol. The van der Waals surface area contributed by atoms with E-state index in [1.165, 1.54) is 6.20 Å². The first-order valence-corrected chi connectivity index (χ1v) is 4.68. The zero-order valence-corrected chi connectivity index (χ0v) is 8.13. The van der Waals surface area contributed by atoms with Crippen LogP contribution in [0.15, 0.2) is 42.7 Å². The van der Waals surface area contributed by atoms with E-state index < -0.39 is 0 Å². The summed E-state index contributed by atoms with van der Waals surface area (Å²) in [6.45, 7) is 0. The molecule has 0 spiro atoms. The summed E-state index contributed by atoms with van der Waals surface area (Å²) in [5, 5.41) is 0. The summed E-state index contributed by atoms with van der Waals surface area (Å²) in [4.78, 5) is 18.6. The molecular formula is C12H10N2O. The molecule has 0 aliphatic heterocycles. The fourth-order valence-corrected chi connectivity index (χ4v) is 1.37. The highest BCUT2D eigenvalue weighted by atomic mass is 16.1. The minimum absolute atomic E-state index is 0.378. The molecule has 15 heavy (non-hydrogen) atoms. The van der Waals surface area contributed by atoms with Crippen LogP contribution in [0.25, 0.3) is 0 Å². The molecule has 3 nitrogen and oxygen atoms in total. The Balaban J connectivity index is 2.21. The van der Waals surface area contributed by atoms with Gasteiger partial charge in [-0.2, -0.15) is 0 Å². The number of hydrogen-bond donors (Lipinski definition) is 0. The molecule has 0 unspecified atom stereocenters. The summed E-state index contributed by atoms with van der Waals surface area (Å²) in [5.41, 5.74) is 2.35. The molecule has 1 aromatic carbocycles. The van der Waals surface area contributed by atoms with E-state index in [0.717, 1.165) is 11.3 Å². The Labute approximate surface area is 87.8 Å². The van der Waals surface area contributed by atoms with Crippen LogP contribution in [-0.2, 0) is 6.42 Å². The Kier molecular flexibility index (Phi) is 2.83. The van der Waals surface area contributed by atoms with Crippen LogP contribution >= 0.6 is 0 Å². The molecule has 1 heterocycles. The number of benzene rings is 1. The summed E-state index contributed by atoms with van der Waals surface area (Å²) in [6, 6.07) is 9.97. The van der Waals surface area contributed by atoms with Gasteiger partial charge in [-0.15, -0.1) is 0 Å². The Morgan fingerprint density at radius 1 is 1.13 bits per heavy atom. The Hall–Kier alpha value is -2.03. The number of hydrogen-bond acceptors (Lipinski definition) is 3. The lowest BCUT2D eigenvalue weighted by Gasteiger charge is -2.00. The fourth-order valence-electron chi connectivity index (χ4n) is 1.37. The highest BCUT2D eigenvalue weighted by Gasteiger charge is 1.99. The normalized spacial score (nSPS) is 9.87. The first-order chi connectivity index (χ1) is 7.38. The summed E-state index contributed by atoms with van der Waals surface area (Å²) < 4.78 is 0. The van der Waals surface area contributed by atoms with Gasteiger partial charge >= 0.3 is 0 Å². The molecule has 0 fully saturated rings. The highest BCUT2D eigenvalue weighted by Crippen LogP contribution is 2.05. The second-order valence-corrected chi connectivity index (χ2v) is 3.22. The SMILES string of the molecule is O=Cc1cncc(Cc2ccccc2)n1. The molecule has 0 amide bonds. The van der Waals surface area contributed by atoms with Crippen LogP contribution in [0.2, 0.25) is 0 Å². The molecular weight excluding hydrogens is 188 g/mol. The Morgan fingerprint density at radius 3 is 2.67 bits per heavy atom. The number of carbonyl (C=O) groups is 1. The molecule has 0 N–H and O–H groups in total. The van der Waals surface area contributed by atoms with Crippen molar-refractivity contribution in [2.24, 2.45) is 0 Å². The Bertz CT molecular complexity index is 454. The molecule has 2 aromatic rings. The van der Waals surface area contributed by atoms with E-state index in [1.807, 2.05) is 30.3 Å². The minimum atomic E-state index is 0.378. The second-order valence-electron chi connectivity index (χ2n) is 3.22. The second kappa shape index (κ2) is 4.46. The third kappa shape index (κ3) is 2.47. The van der Waals surface area contributed by atoms with Crippen molar-refractivity contribution >= 4 is 6.29 Å².